The van der Waals surface area contributed by atoms with Crippen molar-refractivity contribution in [1.82, 2.24) is 0 Å². The number of rotatable bonds is 4. The number of benzene rings is 1. The van der Waals surface area contributed by atoms with Gasteiger partial charge in [0.1, 0.15) is 0 Å². The molecule has 1 aliphatic carbocycles. The Balaban J connectivity index is 1.74. The minimum absolute atomic E-state index is 0.746. The van der Waals surface area contributed by atoms with Crippen molar-refractivity contribution in [2.24, 2.45) is 5.92 Å². The highest BCUT2D eigenvalue weighted by Gasteiger charge is 2.16. The van der Waals surface area contributed by atoms with Crippen molar-refractivity contribution in [2.45, 2.75) is 25.9 Å². The fraction of sp³-hybridized carbons (Fsp3) is 0.500. The SMILES string of the molecule is Brc1cccc(COCC2CCC2)c1. The Kier molecular flexibility index (Phi) is 3.60. The summed E-state index contributed by atoms with van der Waals surface area (Å²) >= 11 is 3.45. The van der Waals surface area contributed by atoms with E-state index < -0.39 is 0 Å². The summed E-state index contributed by atoms with van der Waals surface area (Å²) in [4.78, 5) is 0. The number of ether oxygens (including phenoxy) is 1. The molecule has 0 bridgehead atoms. The van der Waals surface area contributed by atoms with E-state index in [9.17, 15) is 0 Å². The first-order valence-electron chi connectivity index (χ1n) is 5.17. The van der Waals surface area contributed by atoms with Crippen LogP contribution in [0.4, 0.5) is 0 Å². The van der Waals surface area contributed by atoms with Gasteiger partial charge in [0.05, 0.1) is 6.61 Å². The molecule has 14 heavy (non-hydrogen) atoms. The van der Waals surface area contributed by atoms with Gasteiger partial charge in [-0.3, -0.25) is 0 Å². The fourth-order valence-electron chi connectivity index (χ4n) is 1.63. The van der Waals surface area contributed by atoms with E-state index in [4.69, 9.17) is 4.74 Å². The van der Waals surface area contributed by atoms with Gasteiger partial charge in [-0.05, 0) is 36.5 Å². The first-order valence-corrected chi connectivity index (χ1v) is 5.96. The summed E-state index contributed by atoms with van der Waals surface area (Å²) in [5, 5.41) is 0. The van der Waals surface area contributed by atoms with Crippen LogP contribution >= 0.6 is 15.9 Å². The van der Waals surface area contributed by atoms with Crippen LogP contribution in [0.2, 0.25) is 0 Å². The van der Waals surface area contributed by atoms with E-state index in [0.717, 1.165) is 23.6 Å². The molecule has 0 aliphatic heterocycles. The van der Waals surface area contributed by atoms with Gasteiger partial charge in [0.25, 0.3) is 0 Å². The van der Waals surface area contributed by atoms with Crippen molar-refractivity contribution in [2.75, 3.05) is 6.61 Å². The quantitative estimate of drug-likeness (QED) is 0.795. The van der Waals surface area contributed by atoms with Crippen molar-refractivity contribution in [3.8, 4) is 0 Å². The average molecular weight is 255 g/mol. The van der Waals surface area contributed by atoms with Gasteiger partial charge < -0.3 is 4.74 Å². The number of halogens is 1. The van der Waals surface area contributed by atoms with Gasteiger partial charge in [-0.25, -0.2) is 0 Å². The molecular weight excluding hydrogens is 240 g/mol. The zero-order valence-electron chi connectivity index (χ0n) is 8.21. The number of hydrogen-bond donors (Lipinski definition) is 0. The Hall–Kier alpha value is -0.340. The number of hydrogen-bond acceptors (Lipinski definition) is 1. The molecule has 1 aromatic carbocycles. The second-order valence-corrected chi connectivity index (χ2v) is 4.86. The highest BCUT2D eigenvalue weighted by Crippen LogP contribution is 2.26. The molecule has 0 amide bonds. The predicted molar refractivity (Wildman–Crippen MR) is 61.1 cm³/mol. The average Bonchev–Trinajstić information content (AvgIpc) is 2.09. The monoisotopic (exact) mass is 254 g/mol. The molecule has 1 aliphatic rings. The fourth-order valence-corrected chi connectivity index (χ4v) is 2.08. The van der Waals surface area contributed by atoms with Crippen LogP contribution in [-0.4, -0.2) is 6.61 Å². The highest BCUT2D eigenvalue weighted by atomic mass is 79.9. The van der Waals surface area contributed by atoms with Crippen LogP contribution in [0.1, 0.15) is 24.8 Å². The topological polar surface area (TPSA) is 9.23 Å². The van der Waals surface area contributed by atoms with Gasteiger partial charge in [-0.15, -0.1) is 0 Å². The Bertz CT molecular complexity index is 294. The summed E-state index contributed by atoms with van der Waals surface area (Å²) in [5.41, 5.74) is 1.25. The van der Waals surface area contributed by atoms with Gasteiger partial charge in [0.2, 0.25) is 0 Å². The van der Waals surface area contributed by atoms with Crippen LogP contribution in [0.25, 0.3) is 0 Å². The molecular formula is C12H15BrO. The molecule has 0 heterocycles. The van der Waals surface area contributed by atoms with Crippen molar-refractivity contribution in [3.05, 3.63) is 34.3 Å². The van der Waals surface area contributed by atoms with E-state index in [-0.39, 0.29) is 0 Å². The van der Waals surface area contributed by atoms with Crippen molar-refractivity contribution in [1.29, 1.82) is 0 Å². The second kappa shape index (κ2) is 4.94. The molecule has 0 atom stereocenters. The molecule has 2 rings (SSSR count). The predicted octanol–water partition coefficient (Wildman–Crippen LogP) is 3.77. The van der Waals surface area contributed by atoms with Gasteiger partial charge in [-0.1, -0.05) is 34.5 Å². The van der Waals surface area contributed by atoms with Gasteiger partial charge in [0.15, 0.2) is 0 Å². The standard InChI is InChI=1S/C12H15BrO/c13-12-6-2-5-11(7-12)9-14-8-10-3-1-4-10/h2,5-7,10H,1,3-4,8-9H2. The molecule has 0 unspecified atom stereocenters. The minimum Gasteiger partial charge on any atom is -0.376 e. The summed E-state index contributed by atoms with van der Waals surface area (Å²) in [6, 6.07) is 8.30. The lowest BCUT2D eigenvalue weighted by atomic mass is 9.86. The Morgan fingerprint density at radius 3 is 2.86 bits per heavy atom. The Morgan fingerprint density at radius 2 is 2.21 bits per heavy atom. The third-order valence-electron chi connectivity index (χ3n) is 2.74. The lowest BCUT2D eigenvalue weighted by Gasteiger charge is -2.24. The summed E-state index contributed by atoms with van der Waals surface area (Å²) in [5.74, 6) is 0.835. The molecule has 1 nitrogen and oxygen atoms in total. The molecule has 2 heteroatoms. The van der Waals surface area contributed by atoms with Crippen LogP contribution in [0, 0.1) is 5.92 Å². The molecule has 0 saturated heterocycles. The maximum absolute atomic E-state index is 5.66. The van der Waals surface area contributed by atoms with Crippen LogP contribution in [0.3, 0.4) is 0 Å². The van der Waals surface area contributed by atoms with Crippen molar-refractivity contribution < 1.29 is 4.74 Å². The van der Waals surface area contributed by atoms with E-state index in [0.29, 0.717) is 0 Å². The van der Waals surface area contributed by atoms with Crippen molar-refractivity contribution in [3.63, 3.8) is 0 Å². The van der Waals surface area contributed by atoms with Crippen LogP contribution < -0.4 is 0 Å². The van der Waals surface area contributed by atoms with Crippen molar-refractivity contribution >= 4 is 15.9 Å². The van der Waals surface area contributed by atoms with E-state index in [1.54, 1.807) is 0 Å². The second-order valence-electron chi connectivity index (χ2n) is 3.94. The van der Waals surface area contributed by atoms with E-state index in [1.165, 1.54) is 24.8 Å². The molecule has 76 valence electrons. The molecule has 0 radical (unpaired) electrons. The first-order chi connectivity index (χ1) is 6.84. The normalized spacial score (nSPS) is 16.6. The summed E-state index contributed by atoms with van der Waals surface area (Å²) in [6.45, 7) is 1.68. The Labute approximate surface area is 93.6 Å². The molecule has 1 saturated carbocycles. The summed E-state index contributed by atoms with van der Waals surface area (Å²) in [7, 11) is 0. The third-order valence-corrected chi connectivity index (χ3v) is 3.23. The zero-order valence-corrected chi connectivity index (χ0v) is 9.79. The van der Waals surface area contributed by atoms with Crippen LogP contribution in [0.5, 0.6) is 0 Å². The Morgan fingerprint density at radius 1 is 1.36 bits per heavy atom. The van der Waals surface area contributed by atoms with E-state index >= 15 is 0 Å². The lowest BCUT2D eigenvalue weighted by Crippen LogP contribution is -2.17. The molecule has 0 N–H and O–H groups in total. The van der Waals surface area contributed by atoms with Gasteiger partial charge >= 0.3 is 0 Å². The first kappa shape index (κ1) is 10.2. The molecule has 0 spiro atoms. The molecule has 1 fully saturated rings. The maximum atomic E-state index is 5.66. The van der Waals surface area contributed by atoms with E-state index in [2.05, 4.69) is 28.1 Å². The molecule has 0 aromatic heterocycles. The van der Waals surface area contributed by atoms with Crippen LogP contribution in [0.15, 0.2) is 28.7 Å². The highest BCUT2D eigenvalue weighted by molar-refractivity contribution is 9.10. The molecule has 1 aromatic rings. The summed E-state index contributed by atoms with van der Waals surface area (Å²) < 4.78 is 6.78. The smallest absolute Gasteiger partial charge is 0.0717 e. The van der Waals surface area contributed by atoms with E-state index in [1.807, 2.05) is 12.1 Å². The van der Waals surface area contributed by atoms with Crippen LogP contribution in [-0.2, 0) is 11.3 Å². The maximum Gasteiger partial charge on any atom is 0.0717 e. The van der Waals surface area contributed by atoms with Gasteiger partial charge in [-0.2, -0.15) is 0 Å². The van der Waals surface area contributed by atoms with Gasteiger partial charge in [0, 0.05) is 11.1 Å². The lowest BCUT2D eigenvalue weighted by molar-refractivity contribution is 0.0596. The minimum atomic E-state index is 0.746. The largest absolute Gasteiger partial charge is 0.376 e. The zero-order chi connectivity index (χ0) is 9.80. The third kappa shape index (κ3) is 2.82. The summed E-state index contributed by atoms with van der Waals surface area (Å²) in [6.07, 6.45) is 4.11.